The van der Waals surface area contributed by atoms with Crippen LogP contribution in [0.2, 0.25) is 0 Å². The quantitative estimate of drug-likeness (QED) is 0.448. The lowest BCUT2D eigenvalue weighted by molar-refractivity contribution is 1.43. The van der Waals surface area contributed by atoms with Crippen LogP contribution in [-0.4, -0.2) is 5.88 Å². The van der Waals surface area contributed by atoms with Crippen molar-refractivity contribution in [2.24, 2.45) is 5.73 Å². The fourth-order valence-corrected chi connectivity index (χ4v) is 0.537. The SMILES string of the molecule is C/C=C\C(=C/N)CCl. The maximum absolute atomic E-state index is 5.45. The van der Waals surface area contributed by atoms with E-state index in [-0.39, 0.29) is 0 Å². The predicted octanol–water partition coefficient (Wildman–Crippen LogP) is 1.64. The minimum absolute atomic E-state index is 0.487. The highest BCUT2D eigenvalue weighted by Crippen LogP contribution is 1.95. The topological polar surface area (TPSA) is 26.0 Å². The number of halogens is 1. The van der Waals surface area contributed by atoms with Crippen LogP contribution in [0.15, 0.2) is 23.9 Å². The first kappa shape index (κ1) is 7.57. The first-order valence-electron chi connectivity index (χ1n) is 2.44. The van der Waals surface area contributed by atoms with Gasteiger partial charge in [0.25, 0.3) is 0 Å². The van der Waals surface area contributed by atoms with Gasteiger partial charge in [0.2, 0.25) is 0 Å². The van der Waals surface area contributed by atoms with Gasteiger partial charge in [-0.1, -0.05) is 12.2 Å². The molecule has 0 amide bonds. The normalized spacial score (nSPS) is 13.0. The van der Waals surface area contributed by atoms with Crippen LogP contribution >= 0.6 is 11.6 Å². The Morgan fingerprint density at radius 1 is 1.75 bits per heavy atom. The van der Waals surface area contributed by atoms with Crippen LogP contribution in [-0.2, 0) is 0 Å². The number of hydrogen-bond donors (Lipinski definition) is 1. The Morgan fingerprint density at radius 2 is 2.38 bits per heavy atom. The summed E-state index contributed by atoms with van der Waals surface area (Å²) < 4.78 is 0. The molecule has 0 heterocycles. The fourth-order valence-electron chi connectivity index (χ4n) is 0.359. The average Bonchev–Trinajstić information content (AvgIpc) is 1.83. The Labute approximate surface area is 54.8 Å². The Hall–Kier alpha value is -0.430. The number of nitrogens with two attached hydrogens (primary N) is 1. The highest BCUT2D eigenvalue weighted by Gasteiger charge is 1.82. The van der Waals surface area contributed by atoms with E-state index in [1.54, 1.807) is 0 Å². The molecule has 0 rings (SSSR count). The zero-order chi connectivity index (χ0) is 6.41. The van der Waals surface area contributed by atoms with Gasteiger partial charge in [-0.3, -0.25) is 0 Å². The molecular weight excluding hydrogens is 122 g/mol. The first-order valence-corrected chi connectivity index (χ1v) is 2.98. The molecule has 0 saturated heterocycles. The van der Waals surface area contributed by atoms with E-state index in [9.17, 15) is 0 Å². The van der Waals surface area contributed by atoms with Gasteiger partial charge in [0, 0.05) is 5.88 Å². The van der Waals surface area contributed by atoms with E-state index in [2.05, 4.69) is 0 Å². The van der Waals surface area contributed by atoms with Gasteiger partial charge in [0.1, 0.15) is 0 Å². The molecule has 0 aromatic heterocycles. The maximum Gasteiger partial charge on any atom is 0.0488 e. The van der Waals surface area contributed by atoms with E-state index in [0.717, 1.165) is 5.57 Å². The van der Waals surface area contributed by atoms with Crippen molar-refractivity contribution in [3.8, 4) is 0 Å². The summed E-state index contributed by atoms with van der Waals surface area (Å²) in [5.74, 6) is 0.487. The number of rotatable bonds is 2. The summed E-state index contributed by atoms with van der Waals surface area (Å²) in [4.78, 5) is 0. The minimum atomic E-state index is 0.487. The molecule has 0 bridgehead atoms. The van der Waals surface area contributed by atoms with Gasteiger partial charge in [-0.25, -0.2) is 0 Å². The van der Waals surface area contributed by atoms with Crippen molar-refractivity contribution < 1.29 is 0 Å². The van der Waals surface area contributed by atoms with E-state index in [1.807, 2.05) is 19.1 Å². The highest BCUT2D eigenvalue weighted by atomic mass is 35.5. The third-order valence-electron chi connectivity index (χ3n) is 0.749. The number of alkyl halides is 1. The second kappa shape index (κ2) is 4.72. The monoisotopic (exact) mass is 131 g/mol. The van der Waals surface area contributed by atoms with Crippen LogP contribution in [0.4, 0.5) is 0 Å². The van der Waals surface area contributed by atoms with E-state index in [4.69, 9.17) is 17.3 Å². The summed E-state index contributed by atoms with van der Waals surface area (Å²) in [6, 6.07) is 0. The lowest BCUT2D eigenvalue weighted by atomic mass is 10.3. The summed E-state index contributed by atoms with van der Waals surface area (Å²) in [7, 11) is 0. The average molecular weight is 132 g/mol. The third-order valence-corrected chi connectivity index (χ3v) is 1.06. The van der Waals surface area contributed by atoms with Gasteiger partial charge >= 0.3 is 0 Å². The molecule has 0 aromatic rings. The summed E-state index contributed by atoms with van der Waals surface area (Å²) in [5.41, 5.74) is 6.12. The van der Waals surface area contributed by atoms with E-state index >= 15 is 0 Å². The largest absolute Gasteiger partial charge is 0.404 e. The summed E-state index contributed by atoms with van der Waals surface area (Å²) in [5, 5.41) is 0. The number of allylic oxidation sites excluding steroid dienone is 3. The molecule has 0 atom stereocenters. The molecule has 0 fully saturated rings. The smallest absolute Gasteiger partial charge is 0.0488 e. The van der Waals surface area contributed by atoms with E-state index < -0.39 is 0 Å². The lowest BCUT2D eigenvalue weighted by Gasteiger charge is -1.88. The van der Waals surface area contributed by atoms with Crippen molar-refractivity contribution >= 4 is 11.6 Å². The molecule has 0 aliphatic heterocycles. The Bertz CT molecular complexity index is 102. The zero-order valence-corrected chi connectivity index (χ0v) is 5.65. The van der Waals surface area contributed by atoms with Crippen molar-refractivity contribution in [2.75, 3.05) is 5.88 Å². The molecule has 0 aromatic carbocycles. The standard InChI is InChI=1S/C6H10ClN/c1-2-3-6(4-7)5-8/h2-3,5H,4,8H2,1H3/b3-2-,6-5+. The van der Waals surface area contributed by atoms with Crippen molar-refractivity contribution in [1.82, 2.24) is 0 Å². The Balaban J connectivity index is 3.72. The van der Waals surface area contributed by atoms with Gasteiger partial charge in [0.15, 0.2) is 0 Å². The van der Waals surface area contributed by atoms with Crippen LogP contribution in [0.25, 0.3) is 0 Å². The molecule has 0 saturated carbocycles. The highest BCUT2D eigenvalue weighted by molar-refractivity contribution is 6.19. The minimum Gasteiger partial charge on any atom is -0.404 e. The van der Waals surface area contributed by atoms with Gasteiger partial charge in [-0.15, -0.1) is 11.6 Å². The van der Waals surface area contributed by atoms with Gasteiger partial charge in [0.05, 0.1) is 0 Å². The molecule has 0 aliphatic rings. The zero-order valence-electron chi connectivity index (χ0n) is 4.89. The van der Waals surface area contributed by atoms with Crippen LogP contribution in [0.3, 0.4) is 0 Å². The maximum atomic E-state index is 5.45. The molecule has 2 heteroatoms. The third kappa shape index (κ3) is 2.69. The first-order chi connectivity index (χ1) is 3.85. The summed E-state index contributed by atoms with van der Waals surface area (Å²) in [6.45, 7) is 1.93. The van der Waals surface area contributed by atoms with Crippen molar-refractivity contribution in [3.63, 3.8) is 0 Å². The van der Waals surface area contributed by atoms with Gasteiger partial charge in [-0.2, -0.15) is 0 Å². The Morgan fingerprint density at radius 3 is 2.50 bits per heavy atom. The van der Waals surface area contributed by atoms with Crippen molar-refractivity contribution in [3.05, 3.63) is 23.9 Å². The molecule has 0 radical (unpaired) electrons. The fraction of sp³-hybridized carbons (Fsp3) is 0.333. The van der Waals surface area contributed by atoms with Gasteiger partial charge < -0.3 is 5.73 Å². The second-order valence-corrected chi connectivity index (χ2v) is 1.64. The molecule has 0 spiro atoms. The number of hydrogen-bond acceptors (Lipinski definition) is 1. The summed E-state index contributed by atoms with van der Waals surface area (Å²) in [6.07, 6.45) is 5.29. The van der Waals surface area contributed by atoms with Gasteiger partial charge in [-0.05, 0) is 18.7 Å². The lowest BCUT2D eigenvalue weighted by Crippen LogP contribution is -1.85. The van der Waals surface area contributed by atoms with Crippen LogP contribution in [0.5, 0.6) is 0 Å². The van der Waals surface area contributed by atoms with Crippen LogP contribution < -0.4 is 5.73 Å². The molecule has 46 valence electrons. The molecule has 8 heavy (non-hydrogen) atoms. The predicted molar refractivity (Wildman–Crippen MR) is 37.8 cm³/mol. The Kier molecular flexibility index (Phi) is 4.47. The van der Waals surface area contributed by atoms with E-state index in [0.29, 0.717) is 5.88 Å². The molecule has 2 N–H and O–H groups in total. The second-order valence-electron chi connectivity index (χ2n) is 1.38. The molecular formula is C6H10ClN. The van der Waals surface area contributed by atoms with Crippen molar-refractivity contribution in [1.29, 1.82) is 0 Å². The molecule has 1 nitrogen and oxygen atoms in total. The summed E-state index contributed by atoms with van der Waals surface area (Å²) >= 11 is 5.45. The molecule has 0 aliphatic carbocycles. The van der Waals surface area contributed by atoms with E-state index in [1.165, 1.54) is 6.20 Å². The molecule has 0 unspecified atom stereocenters. The van der Waals surface area contributed by atoms with Crippen LogP contribution in [0, 0.1) is 0 Å². The van der Waals surface area contributed by atoms with Crippen LogP contribution in [0.1, 0.15) is 6.92 Å². The van der Waals surface area contributed by atoms with Crippen molar-refractivity contribution in [2.45, 2.75) is 6.92 Å².